The van der Waals surface area contributed by atoms with Crippen LogP contribution in [0, 0.1) is 5.82 Å². The third-order valence-corrected chi connectivity index (χ3v) is 3.36. The van der Waals surface area contributed by atoms with Crippen LogP contribution in [0.3, 0.4) is 0 Å². The molecule has 76 valence electrons. The van der Waals surface area contributed by atoms with Gasteiger partial charge in [0.05, 0.1) is 9.50 Å². The lowest BCUT2D eigenvalue weighted by Crippen LogP contribution is -2.35. The molecule has 1 aromatic carbocycles. The minimum Gasteiger partial charge on any atom is -0.506 e. The standard InChI is InChI=1S/C9H8BrClFNO/c10-7-8(12)5(11)3-4(9(7)14)6-1-2-13-6/h3,6,13-14H,1-2H2/t6-/m0/s1. The second-order valence-electron chi connectivity index (χ2n) is 3.22. The third-order valence-electron chi connectivity index (χ3n) is 2.37. The summed E-state index contributed by atoms with van der Waals surface area (Å²) >= 11 is 8.64. The molecular weight excluding hydrogens is 272 g/mol. The summed E-state index contributed by atoms with van der Waals surface area (Å²) in [5.74, 6) is -0.684. The maximum atomic E-state index is 13.2. The van der Waals surface area contributed by atoms with Crippen LogP contribution in [-0.4, -0.2) is 11.7 Å². The van der Waals surface area contributed by atoms with Crippen molar-refractivity contribution < 1.29 is 9.50 Å². The van der Waals surface area contributed by atoms with E-state index in [0.717, 1.165) is 13.0 Å². The number of rotatable bonds is 1. The topological polar surface area (TPSA) is 32.3 Å². The Hall–Kier alpha value is -0.320. The second kappa shape index (κ2) is 3.68. The Labute approximate surface area is 94.2 Å². The van der Waals surface area contributed by atoms with Gasteiger partial charge in [-0.15, -0.1) is 0 Å². The quantitative estimate of drug-likeness (QED) is 0.775. The number of benzene rings is 1. The van der Waals surface area contributed by atoms with E-state index < -0.39 is 5.82 Å². The number of phenolic OH excluding ortho intramolecular Hbond substituents is 1. The Balaban J connectivity index is 2.49. The average Bonchev–Trinajstić information content (AvgIpc) is 2.08. The lowest BCUT2D eigenvalue weighted by atomic mass is 9.97. The largest absolute Gasteiger partial charge is 0.506 e. The van der Waals surface area contributed by atoms with Crippen molar-refractivity contribution in [3.05, 3.63) is 26.9 Å². The first-order valence-corrected chi connectivity index (χ1v) is 5.38. The molecule has 1 aromatic rings. The van der Waals surface area contributed by atoms with Crippen LogP contribution in [0.2, 0.25) is 5.02 Å². The summed E-state index contributed by atoms with van der Waals surface area (Å²) in [7, 11) is 0. The van der Waals surface area contributed by atoms with Gasteiger partial charge in [0.2, 0.25) is 0 Å². The molecule has 0 aromatic heterocycles. The summed E-state index contributed by atoms with van der Waals surface area (Å²) in [4.78, 5) is 0. The average molecular weight is 281 g/mol. The van der Waals surface area contributed by atoms with Crippen molar-refractivity contribution in [2.45, 2.75) is 12.5 Å². The van der Waals surface area contributed by atoms with Crippen LogP contribution in [0.1, 0.15) is 18.0 Å². The fraction of sp³-hybridized carbons (Fsp3) is 0.333. The Kier molecular flexibility index (Phi) is 2.68. The predicted molar refractivity (Wildman–Crippen MR) is 56.1 cm³/mol. The van der Waals surface area contributed by atoms with E-state index in [2.05, 4.69) is 21.2 Å². The van der Waals surface area contributed by atoms with Crippen molar-refractivity contribution in [2.24, 2.45) is 0 Å². The van der Waals surface area contributed by atoms with Gasteiger partial charge in [-0.2, -0.15) is 0 Å². The molecule has 0 saturated carbocycles. The maximum absolute atomic E-state index is 13.2. The third kappa shape index (κ3) is 1.51. The summed E-state index contributed by atoms with van der Waals surface area (Å²) in [6, 6.07) is 1.55. The molecule has 0 aliphatic carbocycles. The van der Waals surface area contributed by atoms with Gasteiger partial charge in [0.15, 0.2) is 5.82 Å². The lowest BCUT2D eigenvalue weighted by Gasteiger charge is -2.29. The van der Waals surface area contributed by atoms with Crippen LogP contribution in [0.4, 0.5) is 4.39 Å². The highest BCUT2D eigenvalue weighted by atomic mass is 79.9. The van der Waals surface area contributed by atoms with Crippen LogP contribution in [0.25, 0.3) is 0 Å². The van der Waals surface area contributed by atoms with Crippen LogP contribution in [0.5, 0.6) is 5.75 Å². The number of halogens is 3. The summed E-state index contributed by atoms with van der Waals surface area (Å²) in [6.45, 7) is 0.913. The normalized spacial score (nSPS) is 20.6. The molecule has 1 saturated heterocycles. The smallest absolute Gasteiger partial charge is 0.159 e. The number of aromatic hydroxyl groups is 1. The van der Waals surface area contributed by atoms with Crippen molar-refractivity contribution in [1.82, 2.24) is 5.32 Å². The Morgan fingerprint density at radius 2 is 2.29 bits per heavy atom. The molecule has 2 nitrogen and oxygen atoms in total. The zero-order chi connectivity index (χ0) is 10.3. The molecule has 1 aliphatic rings. The zero-order valence-corrected chi connectivity index (χ0v) is 9.49. The van der Waals surface area contributed by atoms with E-state index in [9.17, 15) is 9.50 Å². The Morgan fingerprint density at radius 1 is 1.64 bits per heavy atom. The highest BCUT2D eigenvalue weighted by Gasteiger charge is 2.25. The molecule has 2 N–H and O–H groups in total. The van der Waals surface area contributed by atoms with Gasteiger partial charge in [-0.25, -0.2) is 4.39 Å². The van der Waals surface area contributed by atoms with Gasteiger partial charge in [-0.05, 0) is 35.0 Å². The SMILES string of the molecule is Oc1c([C@@H]2CCN2)cc(Cl)c(F)c1Br. The molecule has 14 heavy (non-hydrogen) atoms. The number of hydrogen-bond acceptors (Lipinski definition) is 2. The van der Waals surface area contributed by atoms with E-state index in [0.29, 0.717) is 5.56 Å². The van der Waals surface area contributed by atoms with Crippen LogP contribution in [0.15, 0.2) is 10.5 Å². The molecule has 2 rings (SSSR count). The molecule has 0 amide bonds. The van der Waals surface area contributed by atoms with Crippen molar-refractivity contribution in [1.29, 1.82) is 0 Å². The molecule has 0 unspecified atom stereocenters. The molecule has 5 heteroatoms. The lowest BCUT2D eigenvalue weighted by molar-refractivity contribution is 0.362. The molecule has 1 heterocycles. The highest BCUT2D eigenvalue weighted by molar-refractivity contribution is 9.10. The van der Waals surface area contributed by atoms with Gasteiger partial charge in [-0.3, -0.25) is 0 Å². The minimum atomic E-state index is -0.618. The first-order valence-electron chi connectivity index (χ1n) is 4.21. The van der Waals surface area contributed by atoms with Crippen LogP contribution >= 0.6 is 27.5 Å². The second-order valence-corrected chi connectivity index (χ2v) is 4.42. The van der Waals surface area contributed by atoms with E-state index in [1.165, 1.54) is 6.07 Å². The van der Waals surface area contributed by atoms with Gasteiger partial charge >= 0.3 is 0 Å². The molecule has 0 bridgehead atoms. The van der Waals surface area contributed by atoms with Gasteiger partial charge in [-0.1, -0.05) is 11.6 Å². The molecule has 1 atom stereocenters. The summed E-state index contributed by atoms with van der Waals surface area (Å²) in [5.41, 5.74) is 0.648. The molecule has 0 radical (unpaired) electrons. The van der Waals surface area contributed by atoms with Gasteiger partial charge in [0.1, 0.15) is 5.75 Å². The Bertz CT molecular complexity index is 382. The fourth-order valence-electron chi connectivity index (χ4n) is 1.42. The number of nitrogens with one attached hydrogen (secondary N) is 1. The highest BCUT2D eigenvalue weighted by Crippen LogP contribution is 2.40. The number of phenols is 1. The summed E-state index contributed by atoms with van der Waals surface area (Å²) < 4.78 is 13.2. The monoisotopic (exact) mass is 279 g/mol. The predicted octanol–water partition coefficient (Wildman–Crippen LogP) is 2.98. The molecule has 1 aliphatic heterocycles. The fourth-order valence-corrected chi connectivity index (χ4v) is 2.19. The van der Waals surface area contributed by atoms with Gasteiger partial charge in [0, 0.05) is 11.6 Å². The zero-order valence-electron chi connectivity index (χ0n) is 7.15. The maximum Gasteiger partial charge on any atom is 0.159 e. The van der Waals surface area contributed by atoms with Crippen LogP contribution < -0.4 is 5.32 Å². The number of hydrogen-bond donors (Lipinski definition) is 2. The van der Waals surface area contributed by atoms with E-state index in [4.69, 9.17) is 11.6 Å². The first-order chi connectivity index (χ1) is 6.61. The van der Waals surface area contributed by atoms with E-state index in [1.54, 1.807) is 0 Å². The van der Waals surface area contributed by atoms with Crippen molar-refractivity contribution in [2.75, 3.05) is 6.54 Å². The summed E-state index contributed by atoms with van der Waals surface area (Å²) in [5, 5.41) is 12.8. The molecule has 1 fully saturated rings. The molecule has 0 spiro atoms. The summed E-state index contributed by atoms with van der Waals surface area (Å²) in [6.07, 6.45) is 0.933. The first kappa shape index (κ1) is 10.2. The van der Waals surface area contributed by atoms with Crippen LogP contribution in [-0.2, 0) is 0 Å². The van der Waals surface area contributed by atoms with E-state index in [1.807, 2.05) is 0 Å². The minimum absolute atomic E-state index is 0.0263. The van der Waals surface area contributed by atoms with Gasteiger partial charge in [0.25, 0.3) is 0 Å². The Morgan fingerprint density at radius 3 is 2.79 bits per heavy atom. The van der Waals surface area contributed by atoms with Gasteiger partial charge < -0.3 is 10.4 Å². The van der Waals surface area contributed by atoms with Crippen molar-refractivity contribution in [3.63, 3.8) is 0 Å². The van der Waals surface area contributed by atoms with Crippen molar-refractivity contribution in [3.8, 4) is 5.75 Å². The van der Waals surface area contributed by atoms with Crippen molar-refractivity contribution >= 4 is 27.5 Å². The van der Waals surface area contributed by atoms with E-state index >= 15 is 0 Å². The van der Waals surface area contributed by atoms with E-state index in [-0.39, 0.29) is 21.3 Å². The molecular formula is C9H8BrClFNO.